The summed E-state index contributed by atoms with van der Waals surface area (Å²) in [5.74, 6) is 0. The molecule has 0 spiro atoms. The Morgan fingerprint density at radius 2 is 0.840 bits per heavy atom. The summed E-state index contributed by atoms with van der Waals surface area (Å²) >= 11 is 2.17. The molecule has 0 radical (unpaired) electrons. The number of hydrogen-bond acceptors (Lipinski definition) is 4. The van der Waals surface area contributed by atoms with Gasteiger partial charge in [0.1, 0.15) is 0 Å². The third kappa shape index (κ3) is 8.35. The Kier molecular flexibility index (Phi) is 11.8. The Balaban J connectivity index is 1.21. The highest BCUT2D eigenvalue weighted by Gasteiger charge is 2.53. The van der Waals surface area contributed by atoms with Crippen molar-refractivity contribution >= 4 is 84.9 Å². The molecule has 1 aromatic heterocycles. The quantitative estimate of drug-likeness (QED) is 0.159. The molecule has 6 aromatic carbocycles. The predicted molar refractivity (Wildman–Crippen MR) is 353 cm³/mol. The molecule has 4 aliphatic carbocycles. The molecule has 2 aliphatic heterocycles. The van der Waals surface area contributed by atoms with Crippen LogP contribution in [0.1, 0.15) is 232 Å². The van der Waals surface area contributed by atoms with E-state index < -0.39 is 0 Å². The Bertz CT molecular complexity index is 3720. The monoisotopic (exact) mass is 1090 g/mol. The van der Waals surface area contributed by atoms with Crippen molar-refractivity contribution in [3.05, 3.63) is 165 Å². The Hall–Kier alpha value is -5.52. The van der Waals surface area contributed by atoms with Crippen LogP contribution in [0, 0.1) is 0 Å². The molecule has 420 valence electrons. The zero-order valence-electron chi connectivity index (χ0n) is 53.0. The van der Waals surface area contributed by atoms with Gasteiger partial charge in [-0.2, -0.15) is 11.3 Å². The van der Waals surface area contributed by atoms with Gasteiger partial charge in [0.25, 0.3) is 6.71 Å². The lowest BCUT2D eigenvalue weighted by atomic mass is 9.35. The fraction of sp³-hybridized carbons (Fsp3) is 0.474. The molecule has 3 nitrogen and oxygen atoms in total. The third-order valence-electron chi connectivity index (χ3n) is 22.0. The zero-order chi connectivity index (χ0) is 57.7. The average Bonchev–Trinajstić information content (AvgIpc) is 2.01. The molecule has 81 heavy (non-hydrogen) atoms. The standard InChI is InChI=1S/C76H92BN3S/c1-68(2,3)47-25-27-49(28-26-47)78(48-23-21-20-22-24-48)52-43-61-64-62(44-52)80(51-30-32-54-56(42-51)72(10,11)36-34-70(54,6)7)65-63-66(76(18,19)40-39-75(63,16)17)81-67(65)77(64)59-45-57-58(74(14,15)38-37-73(57,12)13)46-60(59)79(61)50-29-31-53-55(41-50)71(8,9)35-33-69(53,4)5/h20-32,41-46H,33-40H2,1-19H3. The molecular formula is C76H92BN3S. The number of benzene rings is 6. The lowest BCUT2D eigenvalue weighted by molar-refractivity contribution is 0.332. The van der Waals surface area contributed by atoms with Crippen molar-refractivity contribution in [1.29, 1.82) is 0 Å². The fourth-order valence-electron chi connectivity index (χ4n) is 16.1. The second kappa shape index (κ2) is 17.5. The lowest BCUT2D eigenvalue weighted by Gasteiger charge is -2.48. The van der Waals surface area contributed by atoms with Crippen LogP contribution in [0.2, 0.25) is 0 Å². The second-order valence-electron chi connectivity index (χ2n) is 32.5. The highest BCUT2D eigenvalue weighted by atomic mass is 32.1. The van der Waals surface area contributed by atoms with Crippen LogP contribution in [0.4, 0.5) is 51.2 Å². The fourth-order valence-corrected chi connectivity index (χ4v) is 17.8. The summed E-state index contributed by atoms with van der Waals surface area (Å²) in [6.07, 6.45) is 9.37. The predicted octanol–water partition coefficient (Wildman–Crippen LogP) is 20.0. The van der Waals surface area contributed by atoms with Gasteiger partial charge >= 0.3 is 0 Å². The van der Waals surface area contributed by atoms with Crippen molar-refractivity contribution in [2.45, 2.75) is 232 Å². The molecular weight excluding hydrogens is 998 g/mol. The Morgan fingerprint density at radius 1 is 0.407 bits per heavy atom. The summed E-state index contributed by atoms with van der Waals surface area (Å²) in [5, 5.41) is 0. The first-order valence-corrected chi connectivity index (χ1v) is 31.9. The number of thiophene rings is 1. The van der Waals surface area contributed by atoms with Crippen molar-refractivity contribution in [3.8, 4) is 0 Å². The van der Waals surface area contributed by atoms with Crippen molar-refractivity contribution in [3.63, 3.8) is 0 Å². The number of nitrogens with zero attached hydrogens (tertiary/aromatic N) is 3. The average molecular weight is 1090 g/mol. The van der Waals surface area contributed by atoms with Crippen molar-refractivity contribution in [1.82, 2.24) is 0 Å². The summed E-state index contributed by atoms with van der Waals surface area (Å²) in [7, 11) is 0. The van der Waals surface area contributed by atoms with Gasteiger partial charge in [-0.1, -0.05) is 180 Å². The number of fused-ring (bicyclic) bond motifs is 9. The maximum absolute atomic E-state index is 2.84. The lowest BCUT2D eigenvalue weighted by Crippen LogP contribution is -2.61. The Morgan fingerprint density at radius 3 is 1.36 bits per heavy atom. The van der Waals surface area contributed by atoms with E-state index in [2.05, 4.69) is 273 Å². The number of hydrogen-bond donors (Lipinski definition) is 0. The third-order valence-corrected chi connectivity index (χ3v) is 23.6. The summed E-state index contributed by atoms with van der Waals surface area (Å²) in [5.41, 5.74) is 26.5. The van der Waals surface area contributed by atoms with E-state index in [0.717, 1.165) is 24.2 Å². The summed E-state index contributed by atoms with van der Waals surface area (Å²) in [6, 6.07) is 46.8. The van der Waals surface area contributed by atoms with Gasteiger partial charge < -0.3 is 14.7 Å². The van der Waals surface area contributed by atoms with Crippen LogP contribution in [0.5, 0.6) is 0 Å². The minimum Gasteiger partial charge on any atom is -0.311 e. The van der Waals surface area contributed by atoms with Crippen LogP contribution >= 0.6 is 11.3 Å². The van der Waals surface area contributed by atoms with E-state index in [1.54, 1.807) is 10.4 Å². The Labute approximate surface area is 493 Å². The van der Waals surface area contributed by atoms with E-state index in [1.165, 1.54) is 133 Å². The van der Waals surface area contributed by atoms with Crippen LogP contribution < -0.4 is 30.4 Å². The van der Waals surface area contributed by atoms with Gasteiger partial charge in [0.2, 0.25) is 0 Å². The van der Waals surface area contributed by atoms with E-state index in [1.807, 2.05) is 0 Å². The van der Waals surface area contributed by atoms with Gasteiger partial charge in [-0.25, -0.2) is 0 Å². The van der Waals surface area contributed by atoms with Gasteiger partial charge in [0, 0.05) is 49.5 Å². The van der Waals surface area contributed by atoms with Crippen molar-refractivity contribution < 1.29 is 0 Å². The first kappa shape index (κ1) is 54.7. The second-order valence-corrected chi connectivity index (χ2v) is 33.5. The van der Waals surface area contributed by atoms with E-state index >= 15 is 0 Å². The minimum atomic E-state index is -0.0411. The molecule has 0 atom stereocenters. The number of para-hydroxylation sites is 1. The van der Waals surface area contributed by atoms with Gasteiger partial charge in [0.05, 0.1) is 11.4 Å². The molecule has 7 aromatic rings. The molecule has 0 saturated heterocycles. The molecule has 5 heteroatoms. The summed E-state index contributed by atoms with van der Waals surface area (Å²) < 4.78 is 1.52. The summed E-state index contributed by atoms with van der Waals surface area (Å²) in [6.45, 7) is 47.2. The van der Waals surface area contributed by atoms with E-state index in [0.29, 0.717) is 0 Å². The van der Waals surface area contributed by atoms with Crippen LogP contribution in [0.3, 0.4) is 0 Å². The van der Waals surface area contributed by atoms with E-state index in [4.69, 9.17) is 0 Å². The van der Waals surface area contributed by atoms with Crippen LogP contribution in [-0.4, -0.2) is 6.71 Å². The number of rotatable bonds is 5. The molecule has 13 rings (SSSR count). The van der Waals surface area contributed by atoms with Crippen LogP contribution in [0.25, 0.3) is 0 Å². The van der Waals surface area contributed by atoms with Crippen LogP contribution in [-0.2, 0) is 48.7 Å². The molecule has 0 fully saturated rings. The van der Waals surface area contributed by atoms with Gasteiger partial charge in [-0.15, -0.1) is 0 Å². The first-order valence-electron chi connectivity index (χ1n) is 31.1. The van der Waals surface area contributed by atoms with E-state index in [-0.39, 0.29) is 55.4 Å². The first-order chi connectivity index (χ1) is 37.7. The zero-order valence-corrected chi connectivity index (χ0v) is 53.8. The minimum absolute atomic E-state index is 0.0173. The normalized spacial score (nSPS) is 21.3. The smallest absolute Gasteiger partial charge is 0.264 e. The molecule has 3 heterocycles. The maximum atomic E-state index is 2.84. The van der Waals surface area contributed by atoms with Crippen molar-refractivity contribution in [2.24, 2.45) is 0 Å². The topological polar surface area (TPSA) is 9.72 Å². The van der Waals surface area contributed by atoms with Gasteiger partial charge in [-0.05, 0) is 222 Å². The molecule has 6 aliphatic rings. The highest BCUT2D eigenvalue weighted by Crippen LogP contribution is 2.59. The SMILES string of the molecule is CC(C)(C)c1ccc(N(c2ccccc2)c2cc3c4c(c2)N(c2ccc5c(c2)C(C)(C)CCC5(C)C)c2c(sc5c2C(C)(C)CCC5(C)C)B4c2cc4c(cc2N3c2ccc3c(c2)C(C)(C)CCC3(C)C)C(C)(C)CCC4(C)C)cc1. The molecule has 0 unspecified atom stereocenters. The number of anilines is 9. The molecule has 0 bridgehead atoms. The van der Waals surface area contributed by atoms with Gasteiger partial charge in [0.15, 0.2) is 0 Å². The van der Waals surface area contributed by atoms with Crippen molar-refractivity contribution in [2.75, 3.05) is 14.7 Å². The van der Waals surface area contributed by atoms with Crippen LogP contribution in [0.15, 0.2) is 115 Å². The molecule has 0 N–H and O–H groups in total. The highest BCUT2D eigenvalue weighted by molar-refractivity contribution is 7.29. The largest absolute Gasteiger partial charge is 0.311 e. The van der Waals surface area contributed by atoms with Gasteiger partial charge in [-0.3, -0.25) is 0 Å². The molecule has 0 amide bonds. The molecule has 0 saturated carbocycles. The van der Waals surface area contributed by atoms with E-state index in [9.17, 15) is 0 Å². The maximum Gasteiger partial charge on any atom is 0.264 e. The summed E-state index contributed by atoms with van der Waals surface area (Å²) in [4.78, 5) is 9.75.